The van der Waals surface area contributed by atoms with Gasteiger partial charge in [-0.05, 0) is 12.1 Å². The lowest BCUT2D eigenvalue weighted by Gasteiger charge is -1.99. The van der Waals surface area contributed by atoms with Gasteiger partial charge in [-0.2, -0.15) is 5.10 Å². The number of hydrogen-bond acceptors (Lipinski definition) is 4. The lowest BCUT2D eigenvalue weighted by molar-refractivity contribution is 0.0546. The van der Waals surface area contributed by atoms with Crippen molar-refractivity contribution < 1.29 is 14.3 Å². The van der Waals surface area contributed by atoms with Gasteiger partial charge in [-0.25, -0.2) is 9.48 Å². The van der Waals surface area contributed by atoms with Crippen molar-refractivity contribution in [2.24, 2.45) is 0 Å². The summed E-state index contributed by atoms with van der Waals surface area (Å²) in [5, 5.41) is 4.15. The Bertz CT molecular complexity index is 611. The molecule has 0 aliphatic rings. The molecule has 2 aromatic rings. The second-order valence-electron chi connectivity index (χ2n) is 3.61. The van der Waals surface area contributed by atoms with Crippen molar-refractivity contribution in [1.82, 2.24) is 9.78 Å². The molecule has 0 N–H and O–H groups in total. The SMILES string of the molecule is C#CCOC(=O)c1nn(-c2ccccc2)cc1OC. The van der Waals surface area contributed by atoms with Crippen LogP contribution in [0.4, 0.5) is 0 Å². The molecule has 5 nitrogen and oxygen atoms in total. The van der Waals surface area contributed by atoms with Gasteiger partial charge in [-0.15, -0.1) is 6.42 Å². The van der Waals surface area contributed by atoms with E-state index in [4.69, 9.17) is 15.9 Å². The average molecular weight is 256 g/mol. The smallest absolute Gasteiger partial charge is 0.363 e. The van der Waals surface area contributed by atoms with E-state index in [0.29, 0.717) is 5.75 Å². The number of aromatic nitrogens is 2. The summed E-state index contributed by atoms with van der Waals surface area (Å²) < 4.78 is 11.5. The minimum atomic E-state index is -0.607. The summed E-state index contributed by atoms with van der Waals surface area (Å²) in [5.41, 5.74) is 0.915. The van der Waals surface area contributed by atoms with E-state index in [2.05, 4.69) is 11.0 Å². The second kappa shape index (κ2) is 5.74. The number of hydrogen-bond donors (Lipinski definition) is 0. The predicted octanol–water partition coefficient (Wildman–Crippen LogP) is 1.67. The topological polar surface area (TPSA) is 53.3 Å². The maximum absolute atomic E-state index is 11.8. The molecule has 0 saturated heterocycles. The Hall–Kier alpha value is -2.74. The molecule has 1 aromatic carbocycles. The van der Waals surface area contributed by atoms with E-state index in [1.54, 1.807) is 10.9 Å². The van der Waals surface area contributed by atoms with Crippen LogP contribution in [0.1, 0.15) is 10.5 Å². The number of esters is 1. The highest BCUT2D eigenvalue weighted by molar-refractivity contribution is 5.90. The van der Waals surface area contributed by atoms with E-state index < -0.39 is 5.97 Å². The van der Waals surface area contributed by atoms with Crippen LogP contribution in [-0.4, -0.2) is 29.5 Å². The highest BCUT2D eigenvalue weighted by Crippen LogP contribution is 2.20. The van der Waals surface area contributed by atoms with Gasteiger partial charge in [0.2, 0.25) is 5.69 Å². The van der Waals surface area contributed by atoms with E-state index in [-0.39, 0.29) is 12.3 Å². The number of carbonyl (C=O) groups is 1. The van der Waals surface area contributed by atoms with Gasteiger partial charge in [0, 0.05) is 0 Å². The summed E-state index contributed by atoms with van der Waals surface area (Å²) in [6.45, 7) is -0.0970. The van der Waals surface area contributed by atoms with Crippen LogP contribution in [0.25, 0.3) is 5.69 Å². The third-order valence-corrected chi connectivity index (χ3v) is 2.40. The number of benzene rings is 1. The van der Waals surface area contributed by atoms with Crippen molar-refractivity contribution in [2.75, 3.05) is 13.7 Å². The first-order valence-corrected chi connectivity index (χ1v) is 5.56. The molecule has 0 unspecified atom stereocenters. The number of rotatable bonds is 4. The minimum Gasteiger partial charge on any atom is -0.493 e. The highest BCUT2D eigenvalue weighted by atomic mass is 16.5. The molecule has 19 heavy (non-hydrogen) atoms. The molecule has 1 aromatic heterocycles. The van der Waals surface area contributed by atoms with E-state index in [9.17, 15) is 4.79 Å². The monoisotopic (exact) mass is 256 g/mol. The van der Waals surface area contributed by atoms with Gasteiger partial charge in [-0.1, -0.05) is 24.1 Å². The van der Waals surface area contributed by atoms with Crippen molar-refractivity contribution in [3.05, 3.63) is 42.2 Å². The third kappa shape index (κ3) is 2.75. The third-order valence-electron chi connectivity index (χ3n) is 2.40. The molecule has 0 aliphatic heterocycles. The highest BCUT2D eigenvalue weighted by Gasteiger charge is 2.19. The fourth-order valence-electron chi connectivity index (χ4n) is 1.54. The predicted molar refractivity (Wildman–Crippen MR) is 69.2 cm³/mol. The Morgan fingerprint density at radius 1 is 1.42 bits per heavy atom. The average Bonchev–Trinajstić information content (AvgIpc) is 2.90. The summed E-state index contributed by atoms with van der Waals surface area (Å²) in [4.78, 5) is 11.8. The fourth-order valence-corrected chi connectivity index (χ4v) is 1.54. The number of ether oxygens (including phenoxy) is 2. The molecule has 0 aliphatic carbocycles. The van der Waals surface area contributed by atoms with Crippen molar-refractivity contribution in [3.63, 3.8) is 0 Å². The number of methoxy groups -OCH3 is 1. The zero-order valence-corrected chi connectivity index (χ0v) is 10.4. The van der Waals surface area contributed by atoms with Gasteiger partial charge in [0.1, 0.15) is 0 Å². The molecule has 96 valence electrons. The Morgan fingerprint density at radius 2 is 2.16 bits per heavy atom. The molecule has 2 rings (SSSR count). The van der Waals surface area contributed by atoms with Crippen molar-refractivity contribution >= 4 is 5.97 Å². The van der Waals surface area contributed by atoms with Crippen molar-refractivity contribution in [2.45, 2.75) is 0 Å². The number of carbonyl (C=O) groups excluding carboxylic acids is 1. The fraction of sp³-hybridized carbons (Fsp3) is 0.143. The van der Waals surface area contributed by atoms with Crippen molar-refractivity contribution in [1.29, 1.82) is 0 Å². The molecule has 0 radical (unpaired) electrons. The van der Waals surface area contributed by atoms with Crippen LogP contribution in [0, 0.1) is 12.3 Å². The van der Waals surface area contributed by atoms with Crippen LogP contribution in [0.3, 0.4) is 0 Å². The normalized spacial score (nSPS) is 9.68. The molecule has 5 heteroatoms. The Kier molecular flexibility index (Phi) is 3.84. The van der Waals surface area contributed by atoms with E-state index in [0.717, 1.165) is 5.69 Å². The first-order valence-electron chi connectivity index (χ1n) is 5.56. The molecule has 0 fully saturated rings. The molecule has 0 saturated carbocycles. The molecular weight excluding hydrogens is 244 g/mol. The van der Waals surface area contributed by atoms with E-state index in [1.165, 1.54) is 7.11 Å². The van der Waals surface area contributed by atoms with Gasteiger partial charge in [0.05, 0.1) is 19.0 Å². The lowest BCUT2D eigenvalue weighted by atomic mass is 10.3. The molecule has 0 amide bonds. The van der Waals surface area contributed by atoms with E-state index >= 15 is 0 Å². The molecular formula is C14H12N2O3. The van der Waals surface area contributed by atoms with Gasteiger partial charge >= 0.3 is 5.97 Å². The first kappa shape index (κ1) is 12.7. The van der Waals surface area contributed by atoms with Crippen LogP contribution in [-0.2, 0) is 4.74 Å². The summed E-state index contributed by atoms with van der Waals surface area (Å²) in [6.07, 6.45) is 6.65. The summed E-state index contributed by atoms with van der Waals surface area (Å²) in [6, 6.07) is 9.37. The van der Waals surface area contributed by atoms with Crippen molar-refractivity contribution in [3.8, 4) is 23.8 Å². The number of nitrogens with zero attached hydrogens (tertiary/aromatic N) is 2. The summed E-state index contributed by atoms with van der Waals surface area (Å²) in [7, 11) is 1.46. The summed E-state index contributed by atoms with van der Waals surface area (Å²) in [5.74, 6) is 1.96. The zero-order valence-electron chi connectivity index (χ0n) is 10.4. The van der Waals surface area contributed by atoms with Crippen LogP contribution < -0.4 is 4.74 Å². The summed E-state index contributed by atoms with van der Waals surface area (Å²) >= 11 is 0. The lowest BCUT2D eigenvalue weighted by Crippen LogP contribution is -2.08. The first-order chi connectivity index (χ1) is 9.26. The quantitative estimate of drug-likeness (QED) is 0.617. The maximum Gasteiger partial charge on any atom is 0.363 e. The molecule has 1 heterocycles. The van der Waals surface area contributed by atoms with Crippen LogP contribution in [0.5, 0.6) is 5.75 Å². The Morgan fingerprint density at radius 3 is 2.79 bits per heavy atom. The van der Waals surface area contributed by atoms with Gasteiger partial charge in [-0.3, -0.25) is 0 Å². The van der Waals surface area contributed by atoms with Gasteiger partial charge in [0.15, 0.2) is 12.4 Å². The Balaban J connectivity index is 2.33. The minimum absolute atomic E-state index is 0.0970. The van der Waals surface area contributed by atoms with Gasteiger partial charge < -0.3 is 9.47 Å². The van der Waals surface area contributed by atoms with Crippen LogP contribution in [0.2, 0.25) is 0 Å². The molecule has 0 spiro atoms. The zero-order chi connectivity index (χ0) is 13.7. The molecule has 0 atom stereocenters. The number of terminal acetylenes is 1. The largest absolute Gasteiger partial charge is 0.493 e. The number of para-hydroxylation sites is 1. The van der Waals surface area contributed by atoms with Crippen LogP contribution in [0.15, 0.2) is 36.5 Å². The standard InChI is InChI=1S/C14H12N2O3/c1-3-9-19-14(17)13-12(18-2)10-16(15-13)11-7-5-4-6-8-11/h1,4-8,10H,9H2,2H3. The second-order valence-corrected chi connectivity index (χ2v) is 3.61. The van der Waals surface area contributed by atoms with Gasteiger partial charge in [0.25, 0.3) is 0 Å². The Labute approximate surface area is 110 Å². The molecule has 0 bridgehead atoms. The van der Waals surface area contributed by atoms with E-state index in [1.807, 2.05) is 30.3 Å². The maximum atomic E-state index is 11.8. The van der Waals surface area contributed by atoms with Crippen LogP contribution >= 0.6 is 0 Å².